The third-order valence-corrected chi connectivity index (χ3v) is 5.72. The van der Waals surface area contributed by atoms with Crippen molar-refractivity contribution in [3.63, 3.8) is 0 Å². The molecule has 1 aromatic rings. The Balaban J connectivity index is 1.46. The SMILES string of the molecule is CN=C(NCCC(=O)NC1CCCCC1)N1CCOC(c2ccccc2C)C1. The maximum atomic E-state index is 12.2. The lowest BCUT2D eigenvalue weighted by atomic mass is 9.95. The molecule has 2 fully saturated rings. The minimum atomic E-state index is 0.0445. The molecule has 0 bridgehead atoms. The average Bonchev–Trinajstić information content (AvgIpc) is 2.72. The number of nitrogens with zero attached hydrogens (tertiary/aromatic N) is 2. The Hall–Kier alpha value is -2.08. The van der Waals surface area contributed by atoms with Crippen molar-refractivity contribution < 1.29 is 9.53 Å². The molecular formula is C22H34N4O2. The number of aryl methyl sites for hydroxylation is 1. The zero-order valence-corrected chi connectivity index (χ0v) is 17.2. The van der Waals surface area contributed by atoms with Gasteiger partial charge in [0.2, 0.25) is 5.91 Å². The van der Waals surface area contributed by atoms with E-state index in [2.05, 4.69) is 51.7 Å². The summed E-state index contributed by atoms with van der Waals surface area (Å²) in [5.74, 6) is 0.974. The second kappa shape index (κ2) is 10.5. The van der Waals surface area contributed by atoms with Crippen LogP contribution in [0.2, 0.25) is 0 Å². The average molecular weight is 387 g/mol. The number of hydrogen-bond donors (Lipinski definition) is 2. The predicted octanol–water partition coefficient (Wildman–Crippen LogP) is 2.78. The number of rotatable bonds is 5. The summed E-state index contributed by atoms with van der Waals surface area (Å²) in [5.41, 5.74) is 2.48. The van der Waals surface area contributed by atoms with E-state index in [4.69, 9.17) is 4.74 Å². The molecule has 1 aromatic carbocycles. The highest BCUT2D eigenvalue weighted by Gasteiger charge is 2.25. The van der Waals surface area contributed by atoms with Crippen LogP contribution in [-0.4, -0.2) is 56.1 Å². The number of guanidine groups is 1. The number of aliphatic imine (C=N–C) groups is 1. The van der Waals surface area contributed by atoms with E-state index >= 15 is 0 Å². The van der Waals surface area contributed by atoms with E-state index in [1.807, 2.05) is 0 Å². The fourth-order valence-electron chi connectivity index (χ4n) is 4.14. The summed E-state index contributed by atoms with van der Waals surface area (Å²) in [4.78, 5) is 18.8. The van der Waals surface area contributed by atoms with Gasteiger partial charge in [-0.2, -0.15) is 0 Å². The summed E-state index contributed by atoms with van der Waals surface area (Å²) in [6.07, 6.45) is 6.52. The molecule has 0 radical (unpaired) electrons. The summed E-state index contributed by atoms with van der Waals surface area (Å²) >= 11 is 0. The fourth-order valence-corrected chi connectivity index (χ4v) is 4.14. The van der Waals surface area contributed by atoms with Gasteiger partial charge >= 0.3 is 0 Å². The molecule has 1 aliphatic carbocycles. The van der Waals surface area contributed by atoms with Crippen molar-refractivity contribution in [3.8, 4) is 0 Å². The van der Waals surface area contributed by atoms with Gasteiger partial charge in [-0.1, -0.05) is 43.5 Å². The monoisotopic (exact) mass is 386 g/mol. The molecule has 3 rings (SSSR count). The molecule has 154 valence electrons. The molecule has 1 aliphatic heterocycles. The summed E-state index contributed by atoms with van der Waals surface area (Å²) in [5, 5.41) is 6.53. The zero-order valence-electron chi connectivity index (χ0n) is 17.2. The molecule has 2 aliphatic rings. The number of morpholine rings is 1. The van der Waals surface area contributed by atoms with E-state index in [0.717, 1.165) is 31.9 Å². The molecule has 1 heterocycles. The van der Waals surface area contributed by atoms with Crippen molar-refractivity contribution in [3.05, 3.63) is 35.4 Å². The van der Waals surface area contributed by atoms with Crippen LogP contribution in [0.3, 0.4) is 0 Å². The van der Waals surface area contributed by atoms with Gasteiger partial charge in [-0.3, -0.25) is 9.79 Å². The number of nitrogens with one attached hydrogen (secondary N) is 2. The minimum absolute atomic E-state index is 0.0445. The number of carbonyl (C=O) groups is 1. The first-order valence-electron chi connectivity index (χ1n) is 10.6. The number of benzene rings is 1. The van der Waals surface area contributed by atoms with E-state index < -0.39 is 0 Å². The second-order valence-electron chi connectivity index (χ2n) is 7.79. The van der Waals surface area contributed by atoms with Gasteiger partial charge in [0.15, 0.2) is 5.96 Å². The smallest absolute Gasteiger partial charge is 0.221 e. The Morgan fingerprint density at radius 2 is 2.04 bits per heavy atom. The molecule has 1 atom stereocenters. The summed E-state index contributed by atoms with van der Waals surface area (Å²) < 4.78 is 6.01. The van der Waals surface area contributed by atoms with Gasteiger partial charge in [0.25, 0.3) is 0 Å². The van der Waals surface area contributed by atoms with Gasteiger partial charge in [-0.25, -0.2) is 0 Å². The van der Waals surface area contributed by atoms with E-state index in [0.29, 0.717) is 25.6 Å². The van der Waals surface area contributed by atoms with Crippen LogP contribution >= 0.6 is 0 Å². The van der Waals surface area contributed by atoms with E-state index in [1.165, 1.54) is 30.4 Å². The van der Waals surface area contributed by atoms with Crippen molar-refractivity contribution in [1.29, 1.82) is 0 Å². The quantitative estimate of drug-likeness (QED) is 0.603. The third-order valence-electron chi connectivity index (χ3n) is 5.72. The van der Waals surface area contributed by atoms with Crippen LogP contribution in [-0.2, 0) is 9.53 Å². The van der Waals surface area contributed by atoms with Crippen LogP contribution < -0.4 is 10.6 Å². The predicted molar refractivity (Wildman–Crippen MR) is 112 cm³/mol. The molecule has 28 heavy (non-hydrogen) atoms. The van der Waals surface area contributed by atoms with Crippen molar-refractivity contribution in [2.24, 2.45) is 4.99 Å². The van der Waals surface area contributed by atoms with Gasteiger partial charge < -0.3 is 20.3 Å². The lowest BCUT2D eigenvalue weighted by molar-refractivity contribution is -0.121. The largest absolute Gasteiger partial charge is 0.370 e. The Bertz CT molecular complexity index is 670. The number of hydrogen-bond acceptors (Lipinski definition) is 3. The number of ether oxygens (including phenoxy) is 1. The van der Waals surface area contributed by atoms with Crippen LogP contribution in [0.15, 0.2) is 29.3 Å². The molecule has 0 spiro atoms. The molecule has 6 nitrogen and oxygen atoms in total. The molecule has 1 amide bonds. The van der Waals surface area contributed by atoms with Crippen LogP contribution in [0, 0.1) is 6.92 Å². The van der Waals surface area contributed by atoms with E-state index in [1.54, 1.807) is 7.05 Å². The van der Waals surface area contributed by atoms with Crippen molar-refractivity contribution >= 4 is 11.9 Å². The molecule has 1 saturated carbocycles. The highest BCUT2D eigenvalue weighted by Crippen LogP contribution is 2.25. The highest BCUT2D eigenvalue weighted by molar-refractivity contribution is 5.81. The van der Waals surface area contributed by atoms with E-state index in [-0.39, 0.29) is 12.0 Å². The minimum Gasteiger partial charge on any atom is -0.370 e. The highest BCUT2D eigenvalue weighted by atomic mass is 16.5. The molecule has 6 heteroatoms. The second-order valence-corrected chi connectivity index (χ2v) is 7.79. The molecule has 1 saturated heterocycles. The number of carbonyl (C=O) groups excluding carboxylic acids is 1. The van der Waals surface area contributed by atoms with Gasteiger partial charge in [0.1, 0.15) is 6.10 Å². The van der Waals surface area contributed by atoms with Crippen molar-refractivity contribution in [1.82, 2.24) is 15.5 Å². The van der Waals surface area contributed by atoms with Crippen LogP contribution in [0.5, 0.6) is 0 Å². The molecule has 1 unspecified atom stereocenters. The summed E-state index contributed by atoms with van der Waals surface area (Å²) in [6, 6.07) is 8.74. The Labute approximate surface area is 168 Å². The maximum Gasteiger partial charge on any atom is 0.221 e. The van der Waals surface area contributed by atoms with Gasteiger partial charge in [-0.05, 0) is 30.9 Å². The Kier molecular flexibility index (Phi) is 7.71. The topological polar surface area (TPSA) is 66.0 Å². The lowest BCUT2D eigenvalue weighted by Crippen LogP contribution is -2.49. The Morgan fingerprint density at radius 3 is 2.79 bits per heavy atom. The molecule has 0 aromatic heterocycles. The molecule has 2 N–H and O–H groups in total. The van der Waals surface area contributed by atoms with Crippen LogP contribution in [0.4, 0.5) is 0 Å². The lowest BCUT2D eigenvalue weighted by Gasteiger charge is -2.35. The van der Waals surface area contributed by atoms with E-state index in [9.17, 15) is 4.79 Å². The van der Waals surface area contributed by atoms with Gasteiger partial charge in [0, 0.05) is 32.6 Å². The molecular weight excluding hydrogens is 352 g/mol. The van der Waals surface area contributed by atoms with Gasteiger partial charge in [0.05, 0.1) is 13.2 Å². The normalized spacial score (nSPS) is 21.4. The summed E-state index contributed by atoms with van der Waals surface area (Å²) in [7, 11) is 1.79. The maximum absolute atomic E-state index is 12.2. The number of amides is 1. The first-order chi connectivity index (χ1) is 13.7. The van der Waals surface area contributed by atoms with Gasteiger partial charge in [-0.15, -0.1) is 0 Å². The summed E-state index contributed by atoms with van der Waals surface area (Å²) in [6.45, 7) is 4.95. The third kappa shape index (κ3) is 5.71. The first-order valence-corrected chi connectivity index (χ1v) is 10.6. The van der Waals surface area contributed by atoms with Crippen molar-refractivity contribution in [2.45, 2.75) is 57.6 Å². The van der Waals surface area contributed by atoms with Crippen LogP contribution in [0.1, 0.15) is 55.8 Å². The van der Waals surface area contributed by atoms with Crippen molar-refractivity contribution in [2.75, 3.05) is 33.3 Å². The zero-order chi connectivity index (χ0) is 19.8. The fraction of sp³-hybridized carbons (Fsp3) is 0.636. The standard InChI is InChI=1S/C22H34N4O2/c1-17-8-6-7-11-19(17)20-16-26(14-15-28-20)22(23-2)24-13-12-21(27)25-18-9-4-3-5-10-18/h6-8,11,18,20H,3-5,9-10,12-16H2,1-2H3,(H,23,24)(H,25,27). The first kappa shape index (κ1) is 20.6. The Morgan fingerprint density at radius 1 is 1.25 bits per heavy atom. The van der Waals surface area contributed by atoms with Crippen LogP contribution in [0.25, 0.3) is 0 Å².